The summed E-state index contributed by atoms with van der Waals surface area (Å²) in [5, 5.41) is 9.11. The highest BCUT2D eigenvalue weighted by Gasteiger charge is 2.11. The van der Waals surface area contributed by atoms with Crippen molar-refractivity contribution in [3.8, 4) is 0 Å². The second-order valence-corrected chi connectivity index (χ2v) is 4.98. The van der Waals surface area contributed by atoms with Gasteiger partial charge in [0.05, 0.1) is 6.26 Å². The minimum atomic E-state index is 0.501. The molecular formula is C15H24O. The molecule has 0 fully saturated rings. The Balaban J connectivity index is 2.75. The summed E-state index contributed by atoms with van der Waals surface area (Å²) in [5.74, 6) is 0.501. The molecule has 1 heteroatoms. The average Bonchev–Trinajstić information content (AvgIpc) is 2.28. The van der Waals surface area contributed by atoms with Gasteiger partial charge in [-0.1, -0.05) is 23.3 Å². The van der Waals surface area contributed by atoms with Crippen LogP contribution in [0.1, 0.15) is 52.9 Å². The van der Waals surface area contributed by atoms with Gasteiger partial charge >= 0.3 is 0 Å². The van der Waals surface area contributed by atoms with Crippen LogP contribution in [0, 0.1) is 5.92 Å². The van der Waals surface area contributed by atoms with Gasteiger partial charge in [-0.25, -0.2) is 0 Å². The zero-order chi connectivity index (χ0) is 12.0. The molecule has 0 saturated heterocycles. The predicted octanol–water partition coefficient (Wildman–Crippen LogP) is 4.92. The lowest BCUT2D eigenvalue weighted by Gasteiger charge is -2.17. The molecule has 0 aromatic rings. The number of rotatable bonds is 1. The number of hydrogen-bond donors (Lipinski definition) is 1. The monoisotopic (exact) mass is 220 g/mol. The van der Waals surface area contributed by atoms with E-state index < -0.39 is 0 Å². The molecule has 1 atom stereocenters. The SMILES string of the molecule is C/C1=C\C[C@H](/C(C)=C/O)CC/C(C)=C/CC1. The van der Waals surface area contributed by atoms with E-state index in [-0.39, 0.29) is 0 Å². The summed E-state index contributed by atoms with van der Waals surface area (Å²) in [5.41, 5.74) is 4.07. The first-order chi connectivity index (χ1) is 7.63. The molecule has 1 N–H and O–H groups in total. The smallest absolute Gasteiger partial charge is 0.0783 e. The van der Waals surface area contributed by atoms with Crippen LogP contribution in [-0.2, 0) is 0 Å². The van der Waals surface area contributed by atoms with Crippen LogP contribution in [0.15, 0.2) is 35.1 Å². The zero-order valence-corrected chi connectivity index (χ0v) is 10.8. The zero-order valence-electron chi connectivity index (χ0n) is 10.8. The van der Waals surface area contributed by atoms with Gasteiger partial charge in [-0.2, -0.15) is 0 Å². The molecule has 0 heterocycles. The highest BCUT2D eigenvalue weighted by molar-refractivity contribution is 5.10. The van der Waals surface area contributed by atoms with Gasteiger partial charge in [-0.15, -0.1) is 0 Å². The van der Waals surface area contributed by atoms with E-state index in [1.54, 1.807) is 0 Å². The minimum Gasteiger partial charge on any atom is -0.516 e. The Labute approximate surface area is 99.6 Å². The Morgan fingerprint density at radius 1 is 1.25 bits per heavy atom. The predicted molar refractivity (Wildman–Crippen MR) is 70.5 cm³/mol. The van der Waals surface area contributed by atoms with Crippen LogP contribution in [-0.4, -0.2) is 5.11 Å². The first kappa shape index (κ1) is 13.1. The molecule has 1 aliphatic carbocycles. The maximum absolute atomic E-state index is 9.11. The van der Waals surface area contributed by atoms with Crippen LogP contribution in [0.4, 0.5) is 0 Å². The maximum Gasteiger partial charge on any atom is 0.0783 e. The van der Waals surface area contributed by atoms with E-state index in [0.29, 0.717) is 5.92 Å². The Hall–Kier alpha value is -0.980. The Morgan fingerprint density at radius 3 is 2.62 bits per heavy atom. The third kappa shape index (κ3) is 4.26. The largest absolute Gasteiger partial charge is 0.516 e. The van der Waals surface area contributed by atoms with Crippen molar-refractivity contribution in [1.29, 1.82) is 0 Å². The summed E-state index contributed by atoms with van der Waals surface area (Å²) >= 11 is 0. The molecule has 0 saturated carbocycles. The molecule has 0 unspecified atom stereocenters. The van der Waals surface area contributed by atoms with E-state index in [1.807, 2.05) is 6.92 Å². The third-order valence-corrected chi connectivity index (χ3v) is 3.52. The lowest BCUT2D eigenvalue weighted by Crippen LogP contribution is -2.03. The molecule has 0 aromatic carbocycles. The van der Waals surface area contributed by atoms with Gasteiger partial charge in [0, 0.05) is 0 Å². The number of aliphatic hydroxyl groups is 1. The standard InChI is InChI=1S/C15H24O/c1-12-5-4-6-13(2)8-10-15(9-7-12)14(3)11-16/h5,8,11,15-16H,4,6-7,9-10H2,1-3H3/b12-5+,13-8+,14-11+/t15-/m1/s1. The molecule has 1 nitrogen and oxygen atoms in total. The van der Waals surface area contributed by atoms with Gasteiger partial charge in [-0.05, 0) is 64.4 Å². The quantitative estimate of drug-likeness (QED) is 0.491. The van der Waals surface area contributed by atoms with Crippen molar-refractivity contribution in [2.75, 3.05) is 0 Å². The summed E-state index contributed by atoms with van der Waals surface area (Å²) in [6.07, 6.45) is 11.7. The molecule has 1 rings (SSSR count). The highest BCUT2D eigenvalue weighted by Crippen LogP contribution is 2.25. The van der Waals surface area contributed by atoms with E-state index >= 15 is 0 Å². The summed E-state index contributed by atoms with van der Waals surface area (Å²) < 4.78 is 0. The maximum atomic E-state index is 9.11. The minimum absolute atomic E-state index is 0.501. The van der Waals surface area contributed by atoms with Crippen LogP contribution in [0.2, 0.25) is 0 Å². The van der Waals surface area contributed by atoms with Crippen molar-refractivity contribution in [3.63, 3.8) is 0 Å². The molecule has 1 aliphatic rings. The topological polar surface area (TPSA) is 20.2 Å². The van der Waals surface area contributed by atoms with Crippen molar-refractivity contribution in [2.45, 2.75) is 52.9 Å². The lowest BCUT2D eigenvalue weighted by molar-refractivity contribution is 0.445. The van der Waals surface area contributed by atoms with Crippen LogP contribution < -0.4 is 0 Å². The van der Waals surface area contributed by atoms with Gasteiger partial charge in [0.2, 0.25) is 0 Å². The molecule has 0 aromatic heterocycles. The first-order valence-electron chi connectivity index (χ1n) is 6.25. The molecule has 16 heavy (non-hydrogen) atoms. The Kier molecular flexibility index (Phi) is 5.37. The van der Waals surface area contributed by atoms with E-state index in [2.05, 4.69) is 26.0 Å². The summed E-state index contributed by atoms with van der Waals surface area (Å²) in [6, 6.07) is 0. The van der Waals surface area contributed by atoms with Crippen LogP contribution in [0.5, 0.6) is 0 Å². The van der Waals surface area contributed by atoms with Gasteiger partial charge in [0.25, 0.3) is 0 Å². The fourth-order valence-corrected chi connectivity index (χ4v) is 2.13. The van der Waals surface area contributed by atoms with Crippen molar-refractivity contribution in [1.82, 2.24) is 0 Å². The molecule has 0 aliphatic heterocycles. The molecule has 0 bridgehead atoms. The van der Waals surface area contributed by atoms with Crippen LogP contribution in [0.25, 0.3) is 0 Å². The molecule has 0 radical (unpaired) electrons. The molecule has 0 amide bonds. The molecule has 0 spiro atoms. The molecule has 90 valence electrons. The van der Waals surface area contributed by atoms with Crippen LogP contribution in [0.3, 0.4) is 0 Å². The first-order valence-corrected chi connectivity index (χ1v) is 6.25. The average molecular weight is 220 g/mol. The normalized spacial score (nSPS) is 31.2. The van der Waals surface area contributed by atoms with Crippen molar-refractivity contribution in [2.24, 2.45) is 5.92 Å². The number of hydrogen-bond acceptors (Lipinski definition) is 1. The second-order valence-electron chi connectivity index (χ2n) is 4.98. The van der Waals surface area contributed by atoms with Gasteiger partial charge in [0.1, 0.15) is 0 Å². The van der Waals surface area contributed by atoms with Crippen molar-refractivity contribution >= 4 is 0 Å². The highest BCUT2D eigenvalue weighted by atomic mass is 16.2. The fourth-order valence-electron chi connectivity index (χ4n) is 2.13. The van der Waals surface area contributed by atoms with E-state index in [1.165, 1.54) is 30.2 Å². The summed E-state index contributed by atoms with van der Waals surface area (Å²) in [7, 11) is 0. The third-order valence-electron chi connectivity index (χ3n) is 3.52. The van der Waals surface area contributed by atoms with E-state index in [0.717, 1.165) is 24.8 Å². The van der Waals surface area contributed by atoms with Crippen molar-refractivity contribution < 1.29 is 5.11 Å². The second kappa shape index (κ2) is 6.57. The van der Waals surface area contributed by atoms with E-state index in [9.17, 15) is 0 Å². The molecular weight excluding hydrogens is 196 g/mol. The van der Waals surface area contributed by atoms with E-state index in [4.69, 9.17) is 5.11 Å². The lowest BCUT2D eigenvalue weighted by atomic mass is 9.89. The van der Waals surface area contributed by atoms with Gasteiger partial charge < -0.3 is 5.11 Å². The van der Waals surface area contributed by atoms with Gasteiger partial charge in [0.15, 0.2) is 0 Å². The Bertz CT molecular complexity index is 307. The van der Waals surface area contributed by atoms with Gasteiger partial charge in [-0.3, -0.25) is 0 Å². The van der Waals surface area contributed by atoms with Crippen LogP contribution >= 0.6 is 0 Å². The Morgan fingerprint density at radius 2 is 1.94 bits per heavy atom. The van der Waals surface area contributed by atoms with Crippen molar-refractivity contribution in [3.05, 3.63) is 35.1 Å². The summed E-state index contributed by atoms with van der Waals surface area (Å²) in [4.78, 5) is 0. The number of allylic oxidation sites excluding steroid dienone is 5. The summed E-state index contributed by atoms with van der Waals surface area (Å²) in [6.45, 7) is 6.45. The number of aliphatic hydroxyl groups excluding tert-OH is 1. The fraction of sp³-hybridized carbons (Fsp3) is 0.600.